The van der Waals surface area contributed by atoms with Crippen molar-refractivity contribution in [1.29, 1.82) is 0 Å². The van der Waals surface area contributed by atoms with Gasteiger partial charge < -0.3 is 9.55 Å². The van der Waals surface area contributed by atoms with Crippen LogP contribution in [0.25, 0.3) is 11.0 Å². The van der Waals surface area contributed by atoms with E-state index in [4.69, 9.17) is 23.8 Å². The van der Waals surface area contributed by atoms with Gasteiger partial charge in [0.2, 0.25) is 0 Å². The van der Waals surface area contributed by atoms with Gasteiger partial charge in [0.1, 0.15) is 0 Å². The molecule has 0 aliphatic heterocycles. The number of hydrogen-bond donors (Lipinski definition) is 1. The van der Waals surface area contributed by atoms with Gasteiger partial charge in [0.05, 0.1) is 11.0 Å². The smallest absolute Gasteiger partial charge is 0.178 e. The molecule has 0 radical (unpaired) electrons. The minimum absolute atomic E-state index is 0.704. The summed E-state index contributed by atoms with van der Waals surface area (Å²) in [7, 11) is 0. The third-order valence-electron chi connectivity index (χ3n) is 2.16. The lowest BCUT2D eigenvalue weighted by Crippen LogP contribution is -1.97. The van der Waals surface area contributed by atoms with Gasteiger partial charge in [-0.25, -0.2) is 0 Å². The Morgan fingerprint density at radius 3 is 3.00 bits per heavy atom. The normalized spacial score (nSPS) is 10.8. The van der Waals surface area contributed by atoms with Gasteiger partial charge in [-0.15, -0.1) is 0 Å². The van der Waals surface area contributed by atoms with Gasteiger partial charge >= 0.3 is 0 Å². The van der Waals surface area contributed by atoms with Crippen molar-refractivity contribution in [2.75, 3.05) is 0 Å². The van der Waals surface area contributed by atoms with Crippen LogP contribution < -0.4 is 0 Å². The molecule has 1 N–H and O–H groups in total. The molecule has 15 heavy (non-hydrogen) atoms. The summed E-state index contributed by atoms with van der Waals surface area (Å²) >= 11 is 11.1. The van der Waals surface area contributed by atoms with Crippen LogP contribution in [0.2, 0.25) is 5.02 Å². The number of rotatable bonds is 2. The molecular formula is C11H11ClN2S. The zero-order valence-corrected chi connectivity index (χ0v) is 9.95. The summed E-state index contributed by atoms with van der Waals surface area (Å²) in [5.41, 5.74) is 3.10. The summed E-state index contributed by atoms with van der Waals surface area (Å²) in [6.07, 6.45) is 0. The third kappa shape index (κ3) is 1.98. The molecule has 0 aliphatic rings. The van der Waals surface area contributed by atoms with Crippen LogP contribution in [0.5, 0.6) is 0 Å². The maximum absolute atomic E-state index is 5.91. The number of hydrogen-bond acceptors (Lipinski definition) is 1. The first-order valence-corrected chi connectivity index (χ1v) is 5.39. The number of nitrogens with one attached hydrogen (secondary N) is 1. The highest BCUT2D eigenvalue weighted by atomic mass is 35.5. The molecule has 0 fully saturated rings. The lowest BCUT2D eigenvalue weighted by Gasteiger charge is -2.03. The Morgan fingerprint density at radius 1 is 1.60 bits per heavy atom. The van der Waals surface area contributed by atoms with Gasteiger partial charge in [-0.3, -0.25) is 0 Å². The molecule has 0 spiro atoms. The van der Waals surface area contributed by atoms with Crippen LogP contribution in [0.4, 0.5) is 0 Å². The molecule has 0 saturated carbocycles. The number of H-pyrrole nitrogens is 1. The first kappa shape index (κ1) is 10.5. The maximum atomic E-state index is 5.91. The number of benzene rings is 1. The van der Waals surface area contributed by atoms with Gasteiger partial charge in [0, 0.05) is 11.6 Å². The van der Waals surface area contributed by atoms with Crippen molar-refractivity contribution in [2.24, 2.45) is 0 Å². The number of allylic oxidation sites excluding steroid dienone is 1. The average Bonchev–Trinajstić information content (AvgIpc) is 2.41. The number of imidazole rings is 1. The summed E-state index contributed by atoms with van der Waals surface area (Å²) in [6.45, 7) is 6.61. The van der Waals surface area contributed by atoms with Crippen molar-refractivity contribution < 1.29 is 0 Å². The topological polar surface area (TPSA) is 20.7 Å². The maximum Gasteiger partial charge on any atom is 0.178 e. The molecule has 0 amide bonds. The molecule has 0 aliphatic carbocycles. The van der Waals surface area contributed by atoms with Gasteiger partial charge in [0.15, 0.2) is 4.77 Å². The van der Waals surface area contributed by atoms with E-state index in [1.54, 1.807) is 0 Å². The van der Waals surface area contributed by atoms with E-state index >= 15 is 0 Å². The molecule has 78 valence electrons. The van der Waals surface area contributed by atoms with Crippen molar-refractivity contribution in [2.45, 2.75) is 13.5 Å². The number of aromatic amines is 1. The Kier molecular flexibility index (Phi) is 2.67. The second kappa shape index (κ2) is 3.83. The Balaban J connectivity index is 2.68. The summed E-state index contributed by atoms with van der Waals surface area (Å²) in [4.78, 5) is 3.13. The van der Waals surface area contributed by atoms with E-state index < -0.39 is 0 Å². The lowest BCUT2D eigenvalue weighted by molar-refractivity contribution is 0.798. The van der Waals surface area contributed by atoms with Crippen molar-refractivity contribution >= 4 is 34.9 Å². The fourth-order valence-corrected chi connectivity index (χ4v) is 2.01. The number of nitrogens with zero attached hydrogens (tertiary/aromatic N) is 1. The predicted molar refractivity (Wildman–Crippen MR) is 66.9 cm³/mol. The van der Waals surface area contributed by atoms with Crippen LogP contribution in [0, 0.1) is 4.77 Å². The minimum atomic E-state index is 0.704. The standard InChI is InChI=1S/C11H11ClN2S/c1-7(2)6-14-10-4-3-8(12)5-9(10)13-11(14)15/h3-5H,1,6H2,2H3,(H,13,15). The predicted octanol–water partition coefficient (Wildman–Crippen LogP) is 3.93. The summed E-state index contributed by atoms with van der Waals surface area (Å²) in [5, 5.41) is 0.709. The zero-order chi connectivity index (χ0) is 11.0. The van der Waals surface area contributed by atoms with E-state index in [2.05, 4.69) is 11.6 Å². The number of fused-ring (bicyclic) bond motifs is 1. The fraction of sp³-hybridized carbons (Fsp3) is 0.182. The SMILES string of the molecule is C=C(C)Cn1c(=S)[nH]c2cc(Cl)ccc21. The Morgan fingerprint density at radius 2 is 2.33 bits per heavy atom. The van der Waals surface area contributed by atoms with Crippen LogP contribution in [0.15, 0.2) is 30.4 Å². The molecule has 0 unspecified atom stereocenters. The molecular weight excluding hydrogens is 228 g/mol. The second-order valence-corrected chi connectivity index (χ2v) is 4.46. The molecule has 1 aromatic carbocycles. The van der Waals surface area contributed by atoms with E-state index in [9.17, 15) is 0 Å². The molecule has 2 nitrogen and oxygen atoms in total. The Bertz CT molecular complexity index is 580. The van der Waals surface area contributed by atoms with Crippen LogP contribution in [-0.2, 0) is 6.54 Å². The van der Waals surface area contributed by atoms with Crippen molar-refractivity contribution in [1.82, 2.24) is 9.55 Å². The minimum Gasteiger partial charge on any atom is -0.331 e. The van der Waals surface area contributed by atoms with E-state index in [0.29, 0.717) is 9.79 Å². The van der Waals surface area contributed by atoms with Gasteiger partial charge in [-0.2, -0.15) is 0 Å². The molecule has 2 aromatic rings. The fourth-order valence-electron chi connectivity index (χ4n) is 1.56. The Labute approximate surface area is 98.2 Å². The lowest BCUT2D eigenvalue weighted by atomic mass is 10.3. The molecule has 1 heterocycles. The van der Waals surface area contributed by atoms with E-state index in [1.807, 2.05) is 29.7 Å². The van der Waals surface area contributed by atoms with E-state index in [-0.39, 0.29) is 0 Å². The van der Waals surface area contributed by atoms with Crippen molar-refractivity contribution in [3.05, 3.63) is 40.1 Å². The molecule has 0 saturated heterocycles. The molecule has 2 rings (SSSR count). The highest BCUT2D eigenvalue weighted by Gasteiger charge is 2.04. The van der Waals surface area contributed by atoms with Crippen LogP contribution in [0.1, 0.15) is 6.92 Å². The molecule has 0 bridgehead atoms. The summed E-state index contributed by atoms with van der Waals surface area (Å²) in [5.74, 6) is 0. The summed E-state index contributed by atoms with van der Waals surface area (Å²) < 4.78 is 2.72. The van der Waals surface area contributed by atoms with Gasteiger partial charge in [0.25, 0.3) is 0 Å². The molecule has 1 aromatic heterocycles. The van der Waals surface area contributed by atoms with Crippen molar-refractivity contribution in [3.8, 4) is 0 Å². The largest absolute Gasteiger partial charge is 0.331 e. The van der Waals surface area contributed by atoms with E-state index in [1.165, 1.54) is 0 Å². The first-order chi connectivity index (χ1) is 7.08. The van der Waals surface area contributed by atoms with Gasteiger partial charge in [-0.05, 0) is 37.3 Å². The van der Waals surface area contributed by atoms with E-state index in [0.717, 1.165) is 23.2 Å². The molecule has 4 heteroatoms. The number of aromatic nitrogens is 2. The monoisotopic (exact) mass is 238 g/mol. The van der Waals surface area contributed by atoms with Crippen molar-refractivity contribution in [3.63, 3.8) is 0 Å². The quantitative estimate of drug-likeness (QED) is 0.621. The average molecular weight is 239 g/mol. The van der Waals surface area contributed by atoms with Crippen LogP contribution in [0.3, 0.4) is 0 Å². The Hall–Kier alpha value is -1.06. The highest BCUT2D eigenvalue weighted by molar-refractivity contribution is 7.71. The highest BCUT2D eigenvalue weighted by Crippen LogP contribution is 2.19. The zero-order valence-electron chi connectivity index (χ0n) is 8.38. The summed E-state index contributed by atoms with van der Waals surface area (Å²) in [6, 6.07) is 5.70. The third-order valence-corrected chi connectivity index (χ3v) is 2.72. The first-order valence-electron chi connectivity index (χ1n) is 4.60. The van der Waals surface area contributed by atoms with Crippen LogP contribution >= 0.6 is 23.8 Å². The second-order valence-electron chi connectivity index (χ2n) is 3.63. The molecule has 0 atom stereocenters. The number of halogens is 1. The van der Waals surface area contributed by atoms with Gasteiger partial charge in [-0.1, -0.05) is 23.8 Å². The van der Waals surface area contributed by atoms with Crippen LogP contribution in [-0.4, -0.2) is 9.55 Å².